The van der Waals surface area contributed by atoms with Crippen molar-refractivity contribution in [1.82, 2.24) is 4.57 Å². The molecule has 0 spiro atoms. The van der Waals surface area contributed by atoms with Crippen molar-refractivity contribution < 1.29 is 23.7 Å². The molecule has 0 unspecified atom stereocenters. The number of carbonyl (C=O) groups excluding carboxylic acids is 1. The fourth-order valence-corrected chi connectivity index (χ4v) is 7.58. The van der Waals surface area contributed by atoms with Gasteiger partial charge < -0.3 is 18.9 Å². The smallest absolute Gasteiger partial charge is 0.338 e. The monoisotopic (exact) mass is 788 g/mol. The molecular formula is C29H30I2N2O6S. The molecular weight excluding hydrogens is 758 g/mol. The molecule has 0 saturated heterocycles. The van der Waals surface area contributed by atoms with Crippen LogP contribution in [0.3, 0.4) is 0 Å². The van der Waals surface area contributed by atoms with Crippen molar-refractivity contribution in [3.8, 4) is 17.2 Å². The third kappa shape index (κ3) is 6.25. The van der Waals surface area contributed by atoms with Crippen molar-refractivity contribution in [3.05, 3.63) is 79.6 Å². The molecule has 8 nitrogen and oxygen atoms in total. The molecule has 0 N–H and O–H groups in total. The maximum Gasteiger partial charge on any atom is 0.338 e. The molecule has 11 heteroatoms. The predicted octanol–water partition coefficient (Wildman–Crippen LogP) is 5.20. The van der Waals surface area contributed by atoms with Gasteiger partial charge in [0.2, 0.25) is 0 Å². The summed E-state index contributed by atoms with van der Waals surface area (Å²) in [6.07, 6.45) is 1.80. The molecule has 0 radical (unpaired) electrons. The third-order valence-corrected chi connectivity index (χ3v) is 8.58. The lowest BCUT2D eigenvalue weighted by molar-refractivity contribution is -0.139. The van der Waals surface area contributed by atoms with Gasteiger partial charge in [-0.15, -0.1) is 0 Å². The Morgan fingerprint density at radius 2 is 1.82 bits per heavy atom. The molecule has 0 amide bonds. The number of allylic oxidation sites excluding steroid dienone is 1. The Labute approximate surface area is 264 Å². The zero-order chi connectivity index (χ0) is 29.1. The molecule has 212 valence electrons. The van der Waals surface area contributed by atoms with Crippen LogP contribution in [0.1, 0.15) is 51.8 Å². The molecule has 0 bridgehead atoms. The van der Waals surface area contributed by atoms with E-state index >= 15 is 0 Å². The summed E-state index contributed by atoms with van der Waals surface area (Å²) < 4.78 is 26.7. The summed E-state index contributed by atoms with van der Waals surface area (Å²) in [7, 11) is 1.56. The number of carbonyl (C=O) groups is 1. The van der Waals surface area contributed by atoms with Crippen LogP contribution in [0.2, 0.25) is 0 Å². The maximum absolute atomic E-state index is 14.0. The largest absolute Gasteiger partial charge is 0.493 e. The summed E-state index contributed by atoms with van der Waals surface area (Å²) in [5.74, 6) is 1.40. The molecule has 1 aromatic heterocycles. The minimum atomic E-state index is -0.750. The molecule has 1 aliphatic rings. The van der Waals surface area contributed by atoms with Crippen LogP contribution in [0.25, 0.3) is 6.08 Å². The number of methoxy groups -OCH3 is 1. The van der Waals surface area contributed by atoms with E-state index in [1.165, 1.54) is 11.3 Å². The topological polar surface area (TPSA) is 88.4 Å². The van der Waals surface area contributed by atoms with Gasteiger partial charge in [0.15, 0.2) is 16.3 Å². The normalized spacial score (nSPS) is 15.1. The first-order valence-electron chi connectivity index (χ1n) is 12.8. The highest BCUT2D eigenvalue weighted by atomic mass is 127. The lowest BCUT2D eigenvalue weighted by atomic mass is 9.95. The Balaban J connectivity index is 1.93. The number of halogens is 2. The van der Waals surface area contributed by atoms with E-state index in [-0.39, 0.29) is 18.3 Å². The molecule has 40 heavy (non-hydrogen) atoms. The average Bonchev–Trinajstić information content (AvgIpc) is 3.19. The molecule has 1 aliphatic heterocycles. The van der Waals surface area contributed by atoms with Gasteiger partial charge in [-0.05, 0) is 121 Å². The summed E-state index contributed by atoms with van der Waals surface area (Å²) in [5, 5.41) is 0. The summed E-state index contributed by atoms with van der Waals surface area (Å²) in [6.45, 7) is 10.1. The van der Waals surface area contributed by atoms with Crippen LogP contribution < -0.4 is 29.1 Å². The van der Waals surface area contributed by atoms with E-state index in [0.29, 0.717) is 44.3 Å². The second kappa shape index (κ2) is 13.1. The molecule has 2 aromatic carbocycles. The fraction of sp³-hybridized carbons (Fsp3) is 0.345. The van der Waals surface area contributed by atoms with E-state index in [9.17, 15) is 9.59 Å². The van der Waals surface area contributed by atoms with Crippen molar-refractivity contribution in [3.63, 3.8) is 0 Å². The highest BCUT2D eigenvalue weighted by Crippen LogP contribution is 2.36. The van der Waals surface area contributed by atoms with E-state index in [1.54, 1.807) is 37.7 Å². The molecule has 1 atom stereocenters. The second-order valence-corrected chi connectivity index (χ2v) is 12.5. The lowest BCUT2D eigenvalue weighted by Gasteiger charge is -2.25. The van der Waals surface area contributed by atoms with Crippen molar-refractivity contribution >= 4 is 68.6 Å². The minimum Gasteiger partial charge on any atom is -0.493 e. The van der Waals surface area contributed by atoms with Crippen molar-refractivity contribution in [1.29, 1.82) is 0 Å². The molecule has 0 fully saturated rings. The number of nitrogens with zero attached hydrogens (tertiary/aromatic N) is 2. The Hall–Kier alpha value is -2.39. The zero-order valence-corrected chi connectivity index (χ0v) is 28.2. The van der Waals surface area contributed by atoms with E-state index in [0.717, 1.165) is 18.5 Å². The molecule has 3 aromatic rings. The number of hydrogen-bond acceptors (Lipinski definition) is 8. The summed E-state index contributed by atoms with van der Waals surface area (Å²) in [6, 6.07) is 8.66. The first kappa shape index (κ1) is 30.6. The van der Waals surface area contributed by atoms with Gasteiger partial charge >= 0.3 is 5.97 Å². The highest BCUT2D eigenvalue weighted by Gasteiger charge is 2.34. The van der Waals surface area contributed by atoms with Crippen LogP contribution in [-0.2, 0) is 9.53 Å². The third-order valence-electron chi connectivity index (χ3n) is 5.99. The van der Waals surface area contributed by atoms with Crippen LogP contribution in [0.4, 0.5) is 0 Å². The van der Waals surface area contributed by atoms with Crippen LogP contribution in [0.5, 0.6) is 17.2 Å². The highest BCUT2D eigenvalue weighted by molar-refractivity contribution is 14.1. The van der Waals surface area contributed by atoms with E-state index in [1.807, 2.05) is 45.0 Å². The lowest BCUT2D eigenvalue weighted by Crippen LogP contribution is -2.40. The number of esters is 1. The molecule has 2 heterocycles. The van der Waals surface area contributed by atoms with Crippen molar-refractivity contribution in [2.24, 2.45) is 4.99 Å². The van der Waals surface area contributed by atoms with Gasteiger partial charge in [0.25, 0.3) is 5.56 Å². The number of fused-ring (bicyclic) bond motifs is 1. The van der Waals surface area contributed by atoms with Crippen LogP contribution in [-0.4, -0.2) is 37.0 Å². The van der Waals surface area contributed by atoms with Crippen molar-refractivity contribution in [2.45, 2.75) is 46.8 Å². The number of ether oxygens (including phenoxy) is 4. The van der Waals surface area contributed by atoms with Gasteiger partial charge in [0.1, 0.15) is 5.75 Å². The summed E-state index contributed by atoms with van der Waals surface area (Å²) in [5.41, 5.74) is 2.12. The number of aromatic nitrogens is 1. The maximum atomic E-state index is 14.0. The SMILES string of the molecule is CCOC(=O)C1=C(C)N=c2s/c(=C\c3cc(I)c(OCC)c(I)c3)c(=O)n2[C@@H]1c1ccc(OC(C)C)c(OC)c1. The molecule has 0 saturated carbocycles. The van der Waals surface area contributed by atoms with E-state index in [4.69, 9.17) is 18.9 Å². The van der Waals surface area contributed by atoms with Gasteiger partial charge in [0.05, 0.1) is 55.4 Å². The fourth-order valence-electron chi connectivity index (χ4n) is 4.41. The van der Waals surface area contributed by atoms with E-state index < -0.39 is 12.0 Å². The second-order valence-electron chi connectivity index (χ2n) is 9.13. The Bertz CT molecular complexity index is 1630. The van der Waals surface area contributed by atoms with Crippen LogP contribution >= 0.6 is 56.5 Å². The van der Waals surface area contributed by atoms with Gasteiger partial charge in [-0.25, -0.2) is 9.79 Å². The number of hydrogen-bond donors (Lipinski definition) is 0. The first-order valence-corrected chi connectivity index (χ1v) is 15.7. The summed E-state index contributed by atoms with van der Waals surface area (Å²) >= 11 is 5.77. The average molecular weight is 788 g/mol. The minimum absolute atomic E-state index is 0.0524. The standard InChI is InChI=1S/C29H30I2N2O6S/c1-7-37-26-19(30)11-17(12-20(26)31)13-23-27(34)33-25(18-9-10-21(39-15(3)4)22(14-18)36-6)24(28(35)38-8-2)16(5)32-29(33)40-23/h9-15,25H,7-8H2,1-6H3/b23-13-/t25-/m1/s1. The van der Waals surface area contributed by atoms with Crippen LogP contribution in [0, 0.1) is 7.14 Å². The quantitative estimate of drug-likeness (QED) is 0.219. The van der Waals surface area contributed by atoms with Crippen molar-refractivity contribution in [2.75, 3.05) is 20.3 Å². The Morgan fingerprint density at radius 3 is 2.42 bits per heavy atom. The summed E-state index contributed by atoms with van der Waals surface area (Å²) in [4.78, 5) is 32.3. The van der Waals surface area contributed by atoms with Gasteiger partial charge in [0, 0.05) is 0 Å². The predicted molar refractivity (Wildman–Crippen MR) is 172 cm³/mol. The van der Waals surface area contributed by atoms with E-state index in [2.05, 4.69) is 50.2 Å². The van der Waals surface area contributed by atoms with Gasteiger partial charge in [-0.3, -0.25) is 9.36 Å². The Kier molecular flexibility index (Phi) is 9.98. The molecule has 4 rings (SSSR count). The van der Waals surface area contributed by atoms with Gasteiger partial charge in [-0.1, -0.05) is 17.4 Å². The first-order chi connectivity index (χ1) is 19.1. The molecule has 0 aliphatic carbocycles. The Morgan fingerprint density at radius 1 is 1.12 bits per heavy atom. The zero-order valence-electron chi connectivity index (χ0n) is 23.0. The number of rotatable bonds is 9. The van der Waals surface area contributed by atoms with Crippen LogP contribution in [0.15, 0.2) is 51.4 Å². The number of thiazole rings is 1. The van der Waals surface area contributed by atoms with Gasteiger partial charge in [-0.2, -0.15) is 0 Å². The number of benzene rings is 2.